The molecule has 0 radical (unpaired) electrons. The number of carbonyl (C=O) groups is 2. The Morgan fingerprint density at radius 2 is 1.77 bits per heavy atom. The molecule has 0 saturated carbocycles. The molecule has 3 rings (SSSR count). The molecule has 2 aromatic carbocycles. The SMILES string of the molecule is COc1cc(C(=O)Nc2cc(F)ccc2NC(=O)OC(C)(C)C)cc2c1OCCO2. The first-order valence-electron chi connectivity index (χ1n) is 9.25. The highest BCUT2D eigenvalue weighted by Gasteiger charge is 2.22. The van der Waals surface area contributed by atoms with E-state index in [0.29, 0.717) is 30.5 Å². The van der Waals surface area contributed by atoms with Crippen molar-refractivity contribution in [1.82, 2.24) is 0 Å². The molecule has 0 aromatic heterocycles. The van der Waals surface area contributed by atoms with Gasteiger partial charge in [-0.2, -0.15) is 0 Å². The Morgan fingerprint density at radius 1 is 1.03 bits per heavy atom. The van der Waals surface area contributed by atoms with Crippen molar-refractivity contribution in [3.05, 3.63) is 41.7 Å². The maximum atomic E-state index is 13.8. The summed E-state index contributed by atoms with van der Waals surface area (Å²) in [7, 11) is 1.45. The summed E-state index contributed by atoms with van der Waals surface area (Å²) < 4.78 is 35.3. The van der Waals surface area contributed by atoms with Gasteiger partial charge in [0.05, 0.1) is 18.5 Å². The summed E-state index contributed by atoms with van der Waals surface area (Å²) in [6, 6.07) is 6.59. The van der Waals surface area contributed by atoms with Gasteiger partial charge in [0.2, 0.25) is 5.75 Å². The number of hydrogen-bond donors (Lipinski definition) is 2. The first-order valence-corrected chi connectivity index (χ1v) is 9.25. The molecule has 0 bridgehead atoms. The van der Waals surface area contributed by atoms with Crippen LogP contribution in [0.4, 0.5) is 20.6 Å². The molecule has 0 atom stereocenters. The zero-order valence-corrected chi connectivity index (χ0v) is 17.1. The fraction of sp³-hybridized carbons (Fsp3) is 0.333. The Labute approximate surface area is 173 Å². The van der Waals surface area contributed by atoms with Gasteiger partial charge in [-0.3, -0.25) is 10.1 Å². The number of nitrogens with one attached hydrogen (secondary N) is 2. The van der Waals surface area contributed by atoms with Crippen molar-refractivity contribution in [2.24, 2.45) is 0 Å². The highest BCUT2D eigenvalue weighted by molar-refractivity contribution is 6.07. The predicted octanol–water partition coefficient (Wildman–Crippen LogP) is 4.20. The third kappa shape index (κ3) is 5.11. The largest absolute Gasteiger partial charge is 0.493 e. The molecule has 9 heteroatoms. The summed E-state index contributed by atoms with van der Waals surface area (Å²) in [4.78, 5) is 24.9. The number of ether oxygens (including phenoxy) is 4. The maximum absolute atomic E-state index is 13.8. The van der Waals surface area contributed by atoms with Crippen LogP contribution in [0.5, 0.6) is 17.2 Å². The molecular formula is C21H23FN2O6. The maximum Gasteiger partial charge on any atom is 0.412 e. The predicted molar refractivity (Wildman–Crippen MR) is 108 cm³/mol. The average molecular weight is 418 g/mol. The molecule has 160 valence electrons. The molecule has 2 amide bonds. The van der Waals surface area contributed by atoms with Crippen LogP contribution >= 0.6 is 0 Å². The van der Waals surface area contributed by atoms with E-state index in [2.05, 4.69) is 10.6 Å². The Bertz CT molecular complexity index is 953. The van der Waals surface area contributed by atoms with Crippen molar-refractivity contribution >= 4 is 23.4 Å². The Kier molecular flexibility index (Phi) is 6.00. The Morgan fingerprint density at radius 3 is 2.47 bits per heavy atom. The van der Waals surface area contributed by atoms with Gasteiger partial charge in [-0.25, -0.2) is 9.18 Å². The summed E-state index contributed by atoms with van der Waals surface area (Å²) >= 11 is 0. The van der Waals surface area contributed by atoms with Crippen LogP contribution in [0.2, 0.25) is 0 Å². The molecule has 1 heterocycles. The van der Waals surface area contributed by atoms with E-state index in [-0.39, 0.29) is 16.9 Å². The average Bonchev–Trinajstić information content (AvgIpc) is 2.67. The summed E-state index contributed by atoms with van der Waals surface area (Å²) in [5.41, 5.74) is -0.248. The highest BCUT2D eigenvalue weighted by Crippen LogP contribution is 2.40. The second-order valence-corrected chi connectivity index (χ2v) is 7.47. The van der Waals surface area contributed by atoms with E-state index in [1.165, 1.54) is 25.3 Å². The topological polar surface area (TPSA) is 95.1 Å². The van der Waals surface area contributed by atoms with E-state index in [1.54, 1.807) is 20.8 Å². The summed E-state index contributed by atoms with van der Waals surface area (Å²) in [5, 5.41) is 5.10. The first kappa shape index (κ1) is 21.2. The smallest absolute Gasteiger partial charge is 0.412 e. The van der Waals surface area contributed by atoms with E-state index in [1.807, 2.05) is 0 Å². The van der Waals surface area contributed by atoms with Crippen LogP contribution < -0.4 is 24.8 Å². The number of amides is 2. The van der Waals surface area contributed by atoms with Crippen LogP contribution in [0.15, 0.2) is 30.3 Å². The molecule has 0 spiro atoms. The van der Waals surface area contributed by atoms with Crippen molar-refractivity contribution < 1.29 is 32.9 Å². The zero-order chi connectivity index (χ0) is 21.9. The number of rotatable bonds is 4. The third-order valence-corrected chi connectivity index (χ3v) is 3.96. The minimum Gasteiger partial charge on any atom is -0.493 e. The monoisotopic (exact) mass is 418 g/mol. The molecule has 1 aliphatic rings. The quantitative estimate of drug-likeness (QED) is 0.773. The van der Waals surface area contributed by atoms with E-state index in [4.69, 9.17) is 18.9 Å². The lowest BCUT2D eigenvalue weighted by molar-refractivity contribution is 0.0635. The number of carbonyl (C=O) groups excluding carboxylic acids is 2. The molecule has 2 aromatic rings. The Balaban J connectivity index is 1.85. The summed E-state index contributed by atoms with van der Waals surface area (Å²) in [6.07, 6.45) is -0.731. The van der Waals surface area contributed by atoms with Gasteiger partial charge in [0.25, 0.3) is 5.91 Å². The van der Waals surface area contributed by atoms with E-state index >= 15 is 0 Å². The van der Waals surface area contributed by atoms with E-state index < -0.39 is 23.4 Å². The number of halogens is 1. The van der Waals surface area contributed by atoms with Crippen LogP contribution in [0.3, 0.4) is 0 Å². The summed E-state index contributed by atoms with van der Waals surface area (Å²) in [6.45, 7) is 5.87. The molecule has 0 aliphatic carbocycles. The second-order valence-electron chi connectivity index (χ2n) is 7.47. The van der Waals surface area contributed by atoms with Crippen molar-refractivity contribution in [2.75, 3.05) is 31.0 Å². The van der Waals surface area contributed by atoms with Crippen molar-refractivity contribution in [3.63, 3.8) is 0 Å². The molecule has 8 nitrogen and oxygen atoms in total. The van der Waals surface area contributed by atoms with Gasteiger partial charge in [0.1, 0.15) is 24.6 Å². The molecule has 1 aliphatic heterocycles. The van der Waals surface area contributed by atoms with Gasteiger partial charge in [0, 0.05) is 5.56 Å². The van der Waals surface area contributed by atoms with Crippen molar-refractivity contribution in [3.8, 4) is 17.2 Å². The van der Waals surface area contributed by atoms with E-state index in [9.17, 15) is 14.0 Å². The first-order chi connectivity index (χ1) is 14.2. The van der Waals surface area contributed by atoms with Gasteiger partial charge in [0.15, 0.2) is 11.5 Å². The number of benzene rings is 2. The zero-order valence-electron chi connectivity index (χ0n) is 17.1. The Hall–Kier alpha value is -3.49. The molecule has 0 fully saturated rings. The van der Waals surface area contributed by atoms with E-state index in [0.717, 1.165) is 12.1 Å². The van der Waals surface area contributed by atoms with Gasteiger partial charge < -0.3 is 24.3 Å². The lowest BCUT2D eigenvalue weighted by Crippen LogP contribution is -2.27. The molecule has 0 unspecified atom stereocenters. The summed E-state index contributed by atoms with van der Waals surface area (Å²) in [5.74, 6) is -0.0120. The molecule has 30 heavy (non-hydrogen) atoms. The van der Waals surface area contributed by atoms with Crippen LogP contribution in [0, 0.1) is 5.82 Å². The molecule has 2 N–H and O–H groups in total. The lowest BCUT2D eigenvalue weighted by atomic mass is 10.1. The van der Waals surface area contributed by atoms with Crippen LogP contribution in [-0.2, 0) is 4.74 Å². The van der Waals surface area contributed by atoms with Gasteiger partial charge >= 0.3 is 6.09 Å². The third-order valence-electron chi connectivity index (χ3n) is 3.96. The van der Waals surface area contributed by atoms with Crippen LogP contribution in [0.25, 0.3) is 0 Å². The molecule has 0 saturated heterocycles. The number of fused-ring (bicyclic) bond motifs is 1. The van der Waals surface area contributed by atoms with Crippen LogP contribution in [0.1, 0.15) is 31.1 Å². The standard InChI is InChI=1S/C21H23FN2O6/c1-21(2,3)30-20(26)24-14-6-5-13(22)11-15(14)23-19(25)12-9-16(27-4)18-17(10-12)28-7-8-29-18/h5-6,9-11H,7-8H2,1-4H3,(H,23,25)(H,24,26). The van der Waals surface area contributed by atoms with Gasteiger partial charge in [-0.1, -0.05) is 0 Å². The highest BCUT2D eigenvalue weighted by atomic mass is 19.1. The van der Waals surface area contributed by atoms with Gasteiger partial charge in [-0.15, -0.1) is 0 Å². The van der Waals surface area contributed by atoms with Gasteiger partial charge in [-0.05, 0) is 51.1 Å². The second kappa shape index (κ2) is 8.48. The minimum absolute atomic E-state index is 0.0692. The van der Waals surface area contributed by atoms with Crippen molar-refractivity contribution in [2.45, 2.75) is 26.4 Å². The van der Waals surface area contributed by atoms with Crippen LogP contribution in [-0.4, -0.2) is 37.9 Å². The number of methoxy groups -OCH3 is 1. The number of anilines is 2. The normalized spacial score (nSPS) is 12.7. The molecular weight excluding hydrogens is 395 g/mol. The lowest BCUT2D eigenvalue weighted by Gasteiger charge is -2.22. The number of hydrogen-bond acceptors (Lipinski definition) is 6. The van der Waals surface area contributed by atoms with Crippen molar-refractivity contribution in [1.29, 1.82) is 0 Å². The fourth-order valence-electron chi connectivity index (χ4n) is 2.74. The minimum atomic E-state index is -0.731. The fourth-order valence-corrected chi connectivity index (χ4v) is 2.74.